The van der Waals surface area contributed by atoms with E-state index in [0.29, 0.717) is 18.7 Å². The fourth-order valence-electron chi connectivity index (χ4n) is 2.94. The van der Waals surface area contributed by atoms with Crippen LogP contribution >= 0.6 is 0 Å². The molecule has 0 amide bonds. The Kier molecular flexibility index (Phi) is 6.71. The summed E-state index contributed by atoms with van der Waals surface area (Å²) in [5.41, 5.74) is 1.57. The van der Waals surface area contributed by atoms with Crippen molar-refractivity contribution in [3.05, 3.63) is 72.6 Å². The summed E-state index contributed by atoms with van der Waals surface area (Å²) in [5, 5.41) is 4.24. The Morgan fingerprint density at radius 3 is 2.10 bits per heavy atom. The molecule has 0 unspecified atom stereocenters. The van der Waals surface area contributed by atoms with Crippen molar-refractivity contribution < 1.29 is 16.8 Å². The Balaban J connectivity index is 1.71. The molecule has 0 saturated carbocycles. The van der Waals surface area contributed by atoms with Gasteiger partial charge in [-0.1, -0.05) is 32.0 Å². The van der Waals surface area contributed by atoms with Crippen LogP contribution in [0.2, 0.25) is 0 Å². The third-order valence-electron chi connectivity index (χ3n) is 4.60. The quantitative estimate of drug-likeness (QED) is 0.542. The van der Waals surface area contributed by atoms with E-state index in [0.717, 1.165) is 5.69 Å². The zero-order valence-corrected chi connectivity index (χ0v) is 18.4. The van der Waals surface area contributed by atoms with Gasteiger partial charge in [0.15, 0.2) is 0 Å². The zero-order chi connectivity index (χ0) is 21.8. The minimum atomic E-state index is -3.80. The zero-order valence-electron chi connectivity index (χ0n) is 16.8. The van der Waals surface area contributed by atoms with Gasteiger partial charge in [-0.15, -0.1) is 0 Å². The van der Waals surface area contributed by atoms with Crippen LogP contribution in [0.5, 0.6) is 0 Å². The molecule has 3 rings (SSSR count). The van der Waals surface area contributed by atoms with Gasteiger partial charge < -0.3 is 0 Å². The molecule has 0 fully saturated rings. The number of hydrogen-bond acceptors (Lipinski definition) is 5. The standard InChI is InChI=1S/C20H24N4O4S2/c1-3-23(4-2)30(27,28)20-12-10-19(11-13-20)29(25,26)22-15-17-14-21-24(16-17)18-8-6-5-7-9-18/h5-14,16,22H,3-4,15H2,1-2H3. The second-order valence-corrected chi connectivity index (χ2v) is 10.2. The van der Waals surface area contributed by atoms with Gasteiger partial charge >= 0.3 is 0 Å². The van der Waals surface area contributed by atoms with Crippen LogP contribution in [0, 0.1) is 0 Å². The SMILES string of the molecule is CCN(CC)S(=O)(=O)c1ccc(S(=O)(=O)NCc2cnn(-c3ccccc3)c2)cc1. The van der Waals surface area contributed by atoms with Crippen molar-refractivity contribution in [2.45, 2.75) is 30.2 Å². The topological polar surface area (TPSA) is 101 Å². The summed E-state index contributed by atoms with van der Waals surface area (Å²) in [6.07, 6.45) is 3.34. The van der Waals surface area contributed by atoms with E-state index in [2.05, 4.69) is 9.82 Å². The molecule has 1 heterocycles. The van der Waals surface area contributed by atoms with Crippen molar-refractivity contribution in [2.75, 3.05) is 13.1 Å². The van der Waals surface area contributed by atoms with E-state index in [1.54, 1.807) is 30.9 Å². The third kappa shape index (κ3) is 4.78. The van der Waals surface area contributed by atoms with E-state index in [4.69, 9.17) is 0 Å². The van der Waals surface area contributed by atoms with Crippen molar-refractivity contribution in [3.63, 3.8) is 0 Å². The molecule has 0 saturated heterocycles. The van der Waals surface area contributed by atoms with E-state index >= 15 is 0 Å². The number of nitrogens with one attached hydrogen (secondary N) is 1. The van der Waals surface area contributed by atoms with Crippen molar-refractivity contribution in [3.8, 4) is 5.69 Å². The number of nitrogens with zero attached hydrogens (tertiary/aromatic N) is 3. The maximum atomic E-state index is 12.6. The molecule has 0 aliphatic rings. The highest BCUT2D eigenvalue weighted by molar-refractivity contribution is 7.89. The van der Waals surface area contributed by atoms with Gasteiger partial charge in [-0.25, -0.2) is 26.2 Å². The fraction of sp³-hybridized carbons (Fsp3) is 0.250. The Morgan fingerprint density at radius 2 is 1.50 bits per heavy atom. The molecule has 1 aromatic heterocycles. The van der Waals surface area contributed by atoms with Gasteiger partial charge in [0, 0.05) is 31.4 Å². The Hall–Kier alpha value is -2.53. The second kappa shape index (κ2) is 9.09. The normalized spacial score (nSPS) is 12.4. The molecule has 8 nitrogen and oxygen atoms in total. The minimum absolute atomic E-state index is 0.00329. The average Bonchev–Trinajstić information content (AvgIpc) is 3.23. The van der Waals surface area contributed by atoms with Crippen LogP contribution in [0.3, 0.4) is 0 Å². The lowest BCUT2D eigenvalue weighted by Gasteiger charge is -2.18. The molecule has 3 aromatic rings. The van der Waals surface area contributed by atoms with Crippen molar-refractivity contribution >= 4 is 20.0 Å². The summed E-state index contributed by atoms with van der Waals surface area (Å²) >= 11 is 0. The summed E-state index contributed by atoms with van der Waals surface area (Å²) in [6, 6.07) is 14.7. The molecule has 30 heavy (non-hydrogen) atoms. The predicted octanol–water partition coefficient (Wildman–Crippen LogP) is 2.38. The number of hydrogen-bond donors (Lipinski definition) is 1. The van der Waals surface area contributed by atoms with E-state index in [1.807, 2.05) is 30.3 Å². The van der Waals surface area contributed by atoms with Crippen molar-refractivity contribution in [1.29, 1.82) is 0 Å². The summed E-state index contributed by atoms with van der Waals surface area (Å²) < 4.78 is 55.8. The lowest BCUT2D eigenvalue weighted by atomic mass is 10.3. The molecule has 0 atom stereocenters. The molecular weight excluding hydrogens is 424 g/mol. The van der Waals surface area contributed by atoms with Gasteiger partial charge in [0.2, 0.25) is 20.0 Å². The highest BCUT2D eigenvalue weighted by atomic mass is 32.2. The van der Waals surface area contributed by atoms with E-state index in [9.17, 15) is 16.8 Å². The minimum Gasteiger partial charge on any atom is -0.241 e. The summed E-state index contributed by atoms with van der Waals surface area (Å²) in [4.78, 5) is 0.0609. The number of para-hydroxylation sites is 1. The number of aromatic nitrogens is 2. The molecule has 0 aliphatic carbocycles. The summed E-state index contributed by atoms with van der Waals surface area (Å²) in [7, 11) is -7.44. The van der Waals surface area contributed by atoms with Gasteiger partial charge in [0.25, 0.3) is 0 Å². The maximum Gasteiger partial charge on any atom is 0.243 e. The van der Waals surface area contributed by atoms with Crippen LogP contribution in [0.15, 0.2) is 76.8 Å². The van der Waals surface area contributed by atoms with Crippen LogP contribution < -0.4 is 4.72 Å². The smallest absolute Gasteiger partial charge is 0.241 e. The van der Waals surface area contributed by atoms with Crippen LogP contribution in [0.4, 0.5) is 0 Å². The first-order chi connectivity index (χ1) is 14.3. The molecule has 0 radical (unpaired) electrons. The molecule has 0 spiro atoms. The van der Waals surface area contributed by atoms with Crippen LogP contribution in [-0.2, 0) is 26.6 Å². The molecule has 0 aliphatic heterocycles. The monoisotopic (exact) mass is 448 g/mol. The third-order valence-corrected chi connectivity index (χ3v) is 8.08. The number of benzene rings is 2. The van der Waals surface area contributed by atoms with Crippen molar-refractivity contribution in [2.24, 2.45) is 0 Å². The van der Waals surface area contributed by atoms with Gasteiger partial charge in [-0.2, -0.15) is 9.40 Å². The second-order valence-electron chi connectivity index (χ2n) is 6.51. The molecule has 10 heteroatoms. The fourth-order valence-corrected chi connectivity index (χ4v) is 5.41. The number of rotatable bonds is 9. The Bertz CT molecular complexity index is 1190. The lowest BCUT2D eigenvalue weighted by Crippen LogP contribution is -2.30. The lowest BCUT2D eigenvalue weighted by molar-refractivity contribution is 0.445. The largest absolute Gasteiger partial charge is 0.243 e. The van der Waals surface area contributed by atoms with E-state index < -0.39 is 20.0 Å². The van der Waals surface area contributed by atoms with Gasteiger partial charge in [0.05, 0.1) is 21.7 Å². The molecule has 0 bridgehead atoms. The predicted molar refractivity (Wildman–Crippen MR) is 114 cm³/mol. The van der Waals surface area contributed by atoms with Gasteiger partial charge in [-0.3, -0.25) is 0 Å². The number of sulfonamides is 2. The summed E-state index contributed by atoms with van der Waals surface area (Å²) in [5.74, 6) is 0. The van der Waals surface area contributed by atoms with Crippen LogP contribution in [0.1, 0.15) is 19.4 Å². The van der Waals surface area contributed by atoms with Crippen LogP contribution in [0.25, 0.3) is 5.69 Å². The average molecular weight is 449 g/mol. The molecule has 2 aromatic carbocycles. The first-order valence-electron chi connectivity index (χ1n) is 9.46. The van der Waals surface area contributed by atoms with Crippen molar-refractivity contribution in [1.82, 2.24) is 18.8 Å². The Labute approximate surface area is 177 Å². The highest BCUT2D eigenvalue weighted by Gasteiger charge is 2.22. The summed E-state index contributed by atoms with van der Waals surface area (Å²) in [6.45, 7) is 4.26. The molecular formula is C20H24N4O4S2. The molecule has 1 N–H and O–H groups in total. The van der Waals surface area contributed by atoms with Gasteiger partial charge in [0.1, 0.15) is 0 Å². The van der Waals surface area contributed by atoms with Gasteiger partial charge in [-0.05, 0) is 36.4 Å². The maximum absolute atomic E-state index is 12.6. The molecule has 160 valence electrons. The first kappa shape index (κ1) is 22.2. The Morgan fingerprint density at radius 1 is 0.900 bits per heavy atom. The first-order valence-corrected chi connectivity index (χ1v) is 12.4. The van der Waals surface area contributed by atoms with E-state index in [1.165, 1.54) is 28.6 Å². The van der Waals surface area contributed by atoms with Crippen LogP contribution in [-0.4, -0.2) is 44.0 Å². The highest BCUT2D eigenvalue weighted by Crippen LogP contribution is 2.18. The van der Waals surface area contributed by atoms with E-state index in [-0.39, 0.29) is 16.3 Å².